The average molecular weight is 279 g/mol. The number of pyridine rings is 1. The van der Waals surface area contributed by atoms with Crippen molar-refractivity contribution in [3.8, 4) is 0 Å². The van der Waals surface area contributed by atoms with Gasteiger partial charge in [-0.25, -0.2) is 0 Å². The number of fused-ring (bicyclic) bond motifs is 1. The van der Waals surface area contributed by atoms with E-state index in [0.29, 0.717) is 5.78 Å². The standard InChI is InChI=1S/C19H21NO/c1-2-16(14-8-4-3-5-9-14)19(21)17-12-6-10-15-11-7-13-20-18(15)17/h3-5,7-9,11,13,16-17H,2,6,10,12H2,1H3. The van der Waals surface area contributed by atoms with Gasteiger partial charge >= 0.3 is 0 Å². The fraction of sp³-hybridized carbons (Fsp3) is 0.368. The van der Waals surface area contributed by atoms with E-state index in [2.05, 4.69) is 30.1 Å². The van der Waals surface area contributed by atoms with Crippen LogP contribution in [-0.2, 0) is 11.2 Å². The SMILES string of the molecule is CCC(C(=O)C1CCCc2cccnc21)c1ccccc1. The lowest BCUT2D eigenvalue weighted by Gasteiger charge is -2.26. The first-order chi connectivity index (χ1) is 10.3. The summed E-state index contributed by atoms with van der Waals surface area (Å²) < 4.78 is 0. The van der Waals surface area contributed by atoms with E-state index in [1.165, 1.54) is 5.56 Å². The number of rotatable bonds is 4. The van der Waals surface area contributed by atoms with E-state index in [-0.39, 0.29) is 11.8 Å². The van der Waals surface area contributed by atoms with E-state index in [9.17, 15) is 4.79 Å². The fourth-order valence-corrected chi connectivity index (χ4v) is 3.42. The lowest BCUT2D eigenvalue weighted by atomic mass is 9.77. The molecule has 1 aromatic carbocycles. The third kappa shape index (κ3) is 2.76. The molecule has 3 rings (SSSR count). The molecule has 0 N–H and O–H groups in total. The van der Waals surface area contributed by atoms with Gasteiger partial charge in [-0.3, -0.25) is 9.78 Å². The van der Waals surface area contributed by atoms with Crippen molar-refractivity contribution in [1.82, 2.24) is 4.98 Å². The number of nitrogens with zero attached hydrogens (tertiary/aromatic N) is 1. The van der Waals surface area contributed by atoms with Crippen molar-refractivity contribution in [2.75, 3.05) is 0 Å². The van der Waals surface area contributed by atoms with Gasteiger partial charge in [0, 0.05) is 12.1 Å². The monoisotopic (exact) mass is 279 g/mol. The second kappa shape index (κ2) is 6.21. The Morgan fingerprint density at radius 1 is 1.24 bits per heavy atom. The van der Waals surface area contributed by atoms with Gasteiger partial charge in [-0.1, -0.05) is 43.3 Å². The van der Waals surface area contributed by atoms with Crippen molar-refractivity contribution in [3.05, 3.63) is 65.5 Å². The molecule has 108 valence electrons. The zero-order valence-corrected chi connectivity index (χ0v) is 12.5. The fourth-order valence-electron chi connectivity index (χ4n) is 3.42. The van der Waals surface area contributed by atoms with Gasteiger partial charge in [0.25, 0.3) is 0 Å². The van der Waals surface area contributed by atoms with E-state index in [0.717, 1.165) is 36.9 Å². The molecular weight excluding hydrogens is 258 g/mol. The average Bonchev–Trinajstić information content (AvgIpc) is 2.56. The molecule has 0 bridgehead atoms. The van der Waals surface area contributed by atoms with Gasteiger partial charge in [0.05, 0.1) is 11.6 Å². The molecule has 0 fully saturated rings. The second-order valence-electron chi connectivity index (χ2n) is 5.77. The highest BCUT2D eigenvalue weighted by Crippen LogP contribution is 2.35. The summed E-state index contributed by atoms with van der Waals surface area (Å²) in [5.41, 5.74) is 3.40. The number of carbonyl (C=O) groups excluding carboxylic acids is 1. The molecule has 1 heterocycles. The molecule has 2 aromatic rings. The third-order valence-electron chi connectivity index (χ3n) is 4.49. The maximum atomic E-state index is 13.1. The molecule has 0 spiro atoms. The number of carbonyl (C=O) groups is 1. The molecule has 2 unspecified atom stereocenters. The van der Waals surface area contributed by atoms with Crippen LogP contribution in [0.4, 0.5) is 0 Å². The van der Waals surface area contributed by atoms with Gasteiger partial charge < -0.3 is 0 Å². The molecule has 0 amide bonds. The van der Waals surface area contributed by atoms with E-state index in [1.807, 2.05) is 30.5 Å². The third-order valence-corrected chi connectivity index (χ3v) is 4.49. The van der Waals surface area contributed by atoms with Crippen molar-refractivity contribution >= 4 is 5.78 Å². The summed E-state index contributed by atoms with van der Waals surface area (Å²) in [4.78, 5) is 17.6. The van der Waals surface area contributed by atoms with Crippen LogP contribution < -0.4 is 0 Å². The quantitative estimate of drug-likeness (QED) is 0.836. The van der Waals surface area contributed by atoms with Crippen LogP contribution in [-0.4, -0.2) is 10.8 Å². The summed E-state index contributed by atoms with van der Waals surface area (Å²) in [6.07, 6.45) is 5.73. The largest absolute Gasteiger partial charge is 0.298 e. The van der Waals surface area contributed by atoms with Crippen molar-refractivity contribution in [2.24, 2.45) is 0 Å². The molecule has 2 nitrogen and oxygen atoms in total. The number of ketones is 1. The summed E-state index contributed by atoms with van der Waals surface area (Å²) in [5, 5.41) is 0. The molecule has 2 heteroatoms. The van der Waals surface area contributed by atoms with Gasteiger partial charge in [0.2, 0.25) is 0 Å². The predicted octanol–water partition coefficient (Wildman–Crippen LogP) is 4.26. The van der Waals surface area contributed by atoms with Crippen LogP contribution in [0.2, 0.25) is 0 Å². The molecule has 0 saturated heterocycles. The Balaban J connectivity index is 1.92. The van der Waals surface area contributed by atoms with Crippen LogP contribution in [0.25, 0.3) is 0 Å². The van der Waals surface area contributed by atoms with E-state index in [4.69, 9.17) is 0 Å². The molecule has 0 radical (unpaired) electrons. The summed E-state index contributed by atoms with van der Waals surface area (Å²) in [6, 6.07) is 14.2. The molecule has 0 saturated carbocycles. The van der Waals surface area contributed by atoms with Crippen LogP contribution in [0.15, 0.2) is 48.7 Å². The van der Waals surface area contributed by atoms with E-state index in [1.54, 1.807) is 0 Å². The Kier molecular flexibility index (Phi) is 4.14. The van der Waals surface area contributed by atoms with Crippen molar-refractivity contribution in [1.29, 1.82) is 0 Å². The van der Waals surface area contributed by atoms with Gasteiger partial charge in [-0.2, -0.15) is 0 Å². The van der Waals surface area contributed by atoms with Crippen LogP contribution >= 0.6 is 0 Å². The zero-order valence-electron chi connectivity index (χ0n) is 12.5. The Hall–Kier alpha value is -1.96. The van der Waals surface area contributed by atoms with Crippen LogP contribution in [0, 0.1) is 0 Å². The van der Waals surface area contributed by atoms with Crippen molar-refractivity contribution in [2.45, 2.75) is 44.4 Å². The molecule has 1 aromatic heterocycles. The minimum absolute atomic E-state index is 0.0100. The lowest BCUT2D eigenvalue weighted by Crippen LogP contribution is -2.25. The Morgan fingerprint density at radius 3 is 2.81 bits per heavy atom. The molecule has 2 atom stereocenters. The smallest absolute Gasteiger partial charge is 0.149 e. The summed E-state index contributed by atoms with van der Waals surface area (Å²) in [7, 11) is 0. The molecule has 21 heavy (non-hydrogen) atoms. The van der Waals surface area contributed by atoms with Gasteiger partial charge in [-0.15, -0.1) is 0 Å². The highest BCUT2D eigenvalue weighted by Gasteiger charge is 2.32. The Labute approximate surface area is 126 Å². The number of hydrogen-bond acceptors (Lipinski definition) is 2. The summed E-state index contributed by atoms with van der Waals surface area (Å²) >= 11 is 0. The lowest BCUT2D eigenvalue weighted by molar-refractivity contribution is -0.122. The second-order valence-corrected chi connectivity index (χ2v) is 5.77. The number of hydrogen-bond donors (Lipinski definition) is 0. The summed E-state index contributed by atoms with van der Waals surface area (Å²) in [6.45, 7) is 2.09. The minimum Gasteiger partial charge on any atom is -0.298 e. The number of aryl methyl sites for hydroxylation is 1. The van der Waals surface area contributed by atoms with Gasteiger partial charge in [-0.05, 0) is 42.9 Å². The maximum absolute atomic E-state index is 13.1. The number of aromatic nitrogens is 1. The Morgan fingerprint density at radius 2 is 2.05 bits per heavy atom. The maximum Gasteiger partial charge on any atom is 0.149 e. The topological polar surface area (TPSA) is 30.0 Å². The normalized spacial score (nSPS) is 18.8. The van der Waals surface area contributed by atoms with E-state index < -0.39 is 0 Å². The van der Waals surface area contributed by atoms with E-state index >= 15 is 0 Å². The molecule has 0 aliphatic heterocycles. The summed E-state index contributed by atoms with van der Waals surface area (Å²) in [5.74, 6) is 0.299. The number of Topliss-reactive ketones (excluding diaryl/α,β-unsaturated/α-hetero) is 1. The van der Waals surface area contributed by atoms with Crippen molar-refractivity contribution in [3.63, 3.8) is 0 Å². The first kappa shape index (κ1) is 14.0. The van der Waals surface area contributed by atoms with Crippen LogP contribution in [0.5, 0.6) is 0 Å². The van der Waals surface area contributed by atoms with Gasteiger partial charge in [0.15, 0.2) is 0 Å². The highest BCUT2D eigenvalue weighted by molar-refractivity contribution is 5.91. The van der Waals surface area contributed by atoms with Crippen molar-refractivity contribution < 1.29 is 4.79 Å². The highest BCUT2D eigenvalue weighted by atomic mass is 16.1. The molecule has 1 aliphatic carbocycles. The molecule has 1 aliphatic rings. The van der Waals surface area contributed by atoms with Crippen LogP contribution in [0.1, 0.15) is 54.8 Å². The van der Waals surface area contributed by atoms with Gasteiger partial charge in [0.1, 0.15) is 5.78 Å². The predicted molar refractivity (Wildman–Crippen MR) is 84.4 cm³/mol. The zero-order chi connectivity index (χ0) is 14.7. The minimum atomic E-state index is -0.0277. The first-order valence-electron chi connectivity index (χ1n) is 7.83. The molecular formula is C19H21NO. The van der Waals surface area contributed by atoms with Crippen LogP contribution in [0.3, 0.4) is 0 Å². The Bertz CT molecular complexity index is 620. The first-order valence-corrected chi connectivity index (χ1v) is 7.83. The number of benzene rings is 1.